The van der Waals surface area contributed by atoms with E-state index in [9.17, 15) is 0 Å². The van der Waals surface area contributed by atoms with Crippen LogP contribution in [0.3, 0.4) is 0 Å². The van der Waals surface area contributed by atoms with Crippen molar-refractivity contribution in [3.05, 3.63) is 194 Å². The van der Waals surface area contributed by atoms with E-state index in [0.29, 0.717) is 5.89 Å². The third-order valence-electron chi connectivity index (χ3n) is 11.5. The zero-order chi connectivity index (χ0) is 37.5. The van der Waals surface area contributed by atoms with Gasteiger partial charge in [0.2, 0.25) is 5.89 Å². The molecule has 266 valence electrons. The van der Waals surface area contributed by atoms with Crippen molar-refractivity contribution < 1.29 is 8.83 Å². The van der Waals surface area contributed by atoms with Gasteiger partial charge < -0.3 is 13.7 Å². The van der Waals surface area contributed by atoms with E-state index in [4.69, 9.17) is 13.8 Å². The number of oxazole rings is 1. The number of hydrogen-bond donors (Lipinski definition) is 0. The maximum absolute atomic E-state index is 6.75. The normalized spacial score (nSPS) is 11.9. The van der Waals surface area contributed by atoms with Crippen molar-refractivity contribution >= 4 is 93.2 Å². The Bertz CT molecular complexity index is 3540. The second-order valence-corrected chi connectivity index (χ2v) is 14.7. The predicted octanol–water partition coefficient (Wildman–Crippen LogP) is 15.1. The van der Waals surface area contributed by atoms with Crippen LogP contribution < -0.4 is 4.90 Å². The molecule has 0 spiro atoms. The van der Waals surface area contributed by atoms with Crippen LogP contribution >= 0.6 is 0 Å². The van der Waals surface area contributed by atoms with Gasteiger partial charge in [-0.15, -0.1) is 0 Å². The molecule has 0 aliphatic heterocycles. The smallest absolute Gasteiger partial charge is 0.228 e. The fraction of sp³-hybridized carbons (Fsp3) is 0. The number of anilines is 3. The Kier molecular flexibility index (Phi) is 6.89. The van der Waals surface area contributed by atoms with Gasteiger partial charge in [-0.05, 0) is 80.3 Å². The highest BCUT2D eigenvalue weighted by molar-refractivity contribution is 6.22. The second-order valence-electron chi connectivity index (χ2n) is 14.7. The van der Waals surface area contributed by atoms with Gasteiger partial charge in [-0.3, -0.25) is 0 Å². The largest absolute Gasteiger partial charge is 0.456 e. The van der Waals surface area contributed by atoms with Crippen LogP contribution in [0.2, 0.25) is 0 Å². The molecule has 0 unspecified atom stereocenters. The lowest BCUT2D eigenvalue weighted by molar-refractivity contribution is 0.620. The van der Waals surface area contributed by atoms with Gasteiger partial charge in [-0.25, -0.2) is 4.98 Å². The van der Waals surface area contributed by atoms with Crippen molar-refractivity contribution in [3.8, 4) is 22.6 Å². The molecule has 0 N–H and O–H groups in total. The third kappa shape index (κ3) is 4.91. The summed E-state index contributed by atoms with van der Waals surface area (Å²) in [6, 6.07) is 68.7. The number of nitrogens with zero attached hydrogens (tertiary/aromatic N) is 2. The van der Waals surface area contributed by atoms with Gasteiger partial charge in [-0.2, -0.15) is 0 Å². The van der Waals surface area contributed by atoms with Crippen molar-refractivity contribution in [2.45, 2.75) is 0 Å². The van der Waals surface area contributed by atoms with Crippen LogP contribution in [-0.2, 0) is 0 Å². The Morgan fingerprint density at radius 2 is 1.04 bits per heavy atom. The van der Waals surface area contributed by atoms with Gasteiger partial charge in [0.25, 0.3) is 0 Å². The van der Waals surface area contributed by atoms with E-state index in [1.54, 1.807) is 0 Å². The molecule has 0 aliphatic rings. The molecule has 4 heteroatoms. The Labute approximate surface area is 327 Å². The molecule has 10 aromatic carbocycles. The van der Waals surface area contributed by atoms with E-state index in [1.807, 2.05) is 30.3 Å². The molecule has 0 aliphatic carbocycles. The summed E-state index contributed by atoms with van der Waals surface area (Å²) in [6.07, 6.45) is 0. The topological polar surface area (TPSA) is 42.4 Å². The first-order valence-electron chi connectivity index (χ1n) is 19.3. The highest BCUT2D eigenvalue weighted by Crippen LogP contribution is 2.47. The maximum Gasteiger partial charge on any atom is 0.228 e. The van der Waals surface area contributed by atoms with Crippen LogP contribution in [0.5, 0.6) is 0 Å². The molecule has 2 heterocycles. The Morgan fingerprint density at radius 1 is 0.368 bits per heavy atom. The molecule has 0 atom stereocenters. The van der Waals surface area contributed by atoms with Gasteiger partial charge >= 0.3 is 0 Å². The summed E-state index contributed by atoms with van der Waals surface area (Å²) < 4.78 is 13.2. The zero-order valence-electron chi connectivity index (χ0n) is 30.7. The first kappa shape index (κ1) is 31.6. The van der Waals surface area contributed by atoms with Crippen LogP contribution in [0.15, 0.2) is 203 Å². The molecule has 0 saturated heterocycles. The lowest BCUT2D eigenvalue weighted by Crippen LogP contribution is -2.12. The number of rotatable bonds is 5. The number of benzene rings is 10. The van der Waals surface area contributed by atoms with Gasteiger partial charge in [0, 0.05) is 44.4 Å². The van der Waals surface area contributed by atoms with Crippen molar-refractivity contribution in [2.75, 3.05) is 4.90 Å². The quantitative estimate of drug-likeness (QED) is 0.166. The van der Waals surface area contributed by atoms with Crippen LogP contribution in [0.1, 0.15) is 0 Å². The lowest BCUT2D eigenvalue weighted by atomic mass is 9.95. The van der Waals surface area contributed by atoms with E-state index in [0.717, 1.165) is 77.6 Å². The Morgan fingerprint density at radius 3 is 1.95 bits per heavy atom. The van der Waals surface area contributed by atoms with Crippen LogP contribution in [0.25, 0.3) is 98.7 Å². The van der Waals surface area contributed by atoms with Gasteiger partial charge in [0.15, 0.2) is 5.58 Å². The molecular formula is C53H32N2O2. The SMILES string of the molecule is c1ccc(-c2ccccc2N(c2ccc3c(c2)oc2cccc(-c4nc5c(ccc6ccccc65)o4)c23)c2cccc3ccc4c5ccccc5ccc4c23)cc1. The summed E-state index contributed by atoms with van der Waals surface area (Å²) in [5.41, 5.74) is 9.53. The monoisotopic (exact) mass is 728 g/mol. The van der Waals surface area contributed by atoms with E-state index >= 15 is 0 Å². The van der Waals surface area contributed by atoms with E-state index < -0.39 is 0 Å². The molecule has 57 heavy (non-hydrogen) atoms. The summed E-state index contributed by atoms with van der Waals surface area (Å²) in [5.74, 6) is 0.576. The highest BCUT2D eigenvalue weighted by atomic mass is 16.3. The van der Waals surface area contributed by atoms with Crippen LogP contribution in [-0.4, -0.2) is 4.98 Å². The van der Waals surface area contributed by atoms with Crippen LogP contribution in [0.4, 0.5) is 17.1 Å². The maximum atomic E-state index is 6.75. The average molecular weight is 729 g/mol. The average Bonchev–Trinajstić information content (AvgIpc) is 3.89. The minimum absolute atomic E-state index is 0.576. The number of fused-ring (bicyclic) bond motifs is 11. The van der Waals surface area contributed by atoms with Crippen molar-refractivity contribution in [3.63, 3.8) is 0 Å². The van der Waals surface area contributed by atoms with E-state index in [1.165, 1.54) is 32.3 Å². The number of hydrogen-bond acceptors (Lipinski definition) is 4. The molecule has 12 aromatic rings. The predicted molar refractivity (Wildman–Crippen MR) is 237 cm³/mol. The molecule has 0 saturated carbocycles. The molecular weight excluding hydrogens is 697 g/mol. The fourth-order valence-corrected chi connectivity index (χ4v) is 8.89. The summed E-state index contributed by atoms with van der Waals surface area (Å²) in [6.45, 7) is 0. The third-order valence-corrected chi connectivity index (χ3v) is 11.5. The molecule has 2 aromatic heterocycles. The summed E-state index contributed by atoms with van der Waals surface area (Å²) in [5, 5.41) is 11.5. The molecule has 4 nitrogen and oxygen atoms in total. The number of para-hydroxylation sites is 1. The Balaban J connectivity index is 1.11. The first-order chi connectivity index (χ1) is 28.3. The van der Waals surface area contributed by atoms with E-state index in [-0.39, 0.29) is 0 Å². The minimum atomic E-state index is 0.576. The molecule has 0 bridgehead atoms. The van der Waals surface area contributed by atoms with Gasteiger partial charge in [0.1, 0.15) is 16.7 Å². The summed E-state index contributed by atoms with van der Waals surface area (Å²) in [4.78, 5) is 7.47. The van der Waals surface area contributed by atoms with Crippen molar-refractivity contribution in [2.24, 2.45) is 0 Å². The molecule has 0 fully saturated rings. The summed E-state index contributed by atoms with van der Waals surface area (Å²) in [7, 11) is 0. The standard InChI is InChI=1S/C53H32N2O2/c1-2-12-33(13-3-1)39-18-8-9-21-45(39)55(46-22-10-16-36-25-28-41-38-17-6-4-14-34(38)24-29-42(41)50(36)46)37-27-30-43-49(32-37)56-47-23-11-20-44(51(43)47)53-54-52-40-19-7-5-15-35(40)26-31-48(52)57-53/h1-32H. The summed E-state index contributed by atoms with van der Waals surface area (Å²) >= 11 is 0. The second kappa shape index (κ2) is 12.4. The van der Waals surface area contributed by atoms with Crippen molar-refractivity contribution in [1.82, 2.24) is 4.98 Å². The Hall–Kier alpha value is -7.69. The van der Waals surface area contributed by atoms with Gasteiger partial charge in [-0.1, -0.05) is 146 Å². The zero-order valence-corrected chi connectivity index (χ0v) is 30.7. The first-order valence-corrected chi connectivity index (χ1v) is 19.3. The van der Waals surface area contributed by atoms with E-state index in [2.05, 4.69) is 169 Å². The van der Waals surface area contributed by atoms with Crippen LogP contribution in [0, 0.1) is 0 Å². The molecule has 0 radical (unpaired) electrons. The number of aromatic nitrogens is 1. The van der Waals surface area contributed by atoms with Crippen molar-refractivity contribution in [1.29, 1.82) is 0 Å². The number of furan rings is 1. The minimum Gasteiger partial charge on any atom is -0.456 e. The van der Waals surface area contributed by atoms with Gasteiger partial charge in [0.05, 0.1) is 11.4 Å². The molecule has 0 amide bonds. The lowest BCUT2D eigenvalue weighted by Gasteiger charge is -2.29. The molecule has 12 rings (SSSR count). The fourth-order valence-electron chi connectivity index (χ4n) is 8.89. The highest BCUT2D eigenvalue weighted by Gasteiger charge is 2.23.